The fourth-order valence-electron chi connectivity index (χ4n) is 2.88. The minimum atomic E-state index is 0.0328. The van der Waals surface area contributed by atoms with Crippen LogP contribution in [0.3, 0.4) is 0 Å². The molecule has 1 amide bonds. The molecule has 2 rings (SSSR count). The third-order valence-electron chi connectivity index (χ3n) is 4.65. The highest BCUT2D eigenvalue weighted by Crippen LogP contribution is 2.17. The summed E-state index contributed by atoms with van der Waals surface area (Å²) in [6.45, 7) is 3.31. The number of carbonyl (C=O) groups is 1. The average Bonchev–Trinajstić information content (AvgIpc) is 2.67. The smallest absolute Gasteiger partial charge is 0.223 e. The lowest BCUT2D eigenvalue weighted by Crippen LogP contribution is -2.36. The lowest BCUT2D eigenvalue weighted by molar-refractivity contribution is -0.125. The maximum Gasteiger partial charge on any atom is 0.223 e. The lowest BCUT2D eigenvalue weighted by Gasteiger charge is -2.18. The van der Waals surface area contributed by atoms with E-state index in [0.29, 0.717) is 19.0 Å². The van der Waals surface area contributed by atoms with Crippen molar-refractivity contribution in [2.45, 2.75) is 32.6 Å². The standard InChI is InChI=1S/C22H30N2O/c1-18(16-23)17-24-22(25)21(14-12-19-8-4-2-5-9-19)15-13-20-10-6-3-7-11-20/h2-11,18,21H,12-17,23H2,1H3,(H,24,25)/t18-/m0/s1. The van der Waals surface area contributed by atoms with Crippen LogP contribution < -0.4 is 11.1 Å². The molecule has 2 aromatic carbocycles. The van der Waals surface area contributed by atoms with Crippen molar-refractivity contribution in [2.75, 3.05) is 13.1 Å². The molecule has 0 aromatic heterocycles. The maximum absolute atomic E-state index is 12.7. The first-order chi connectivity index (χ1) is 12.2. The number of benzene rings is 2. The van der Waals surface area contributed by atoms with E-state index in [1.54, 1.807) is 0 Å². The minimum Gasteiger partial charge on any atom is -0.356 e. The molecule has 0 fully saturated rings. The van der Waals surface area contributed by atoms with Crippen molar-refractivity contribution < 1.29 is 4.79 Å². The van der Waals surface area contributed by atoms with Gasteiger partial charge in [-0.15, -0.1) is 0 Å². The van der Waals surface area contributed by atoms with Gasteiger partial charge in [0.05, 0.1) is 0 Å². The summed E-state index contributed by atoms with van der Waals surface area (Å²) in [7, 11) is 0. The Kier molecular flexibility index (Phi) is 8.20. The molecule has 1 atom stereocenters. The number of nitrogens with two attached hydrogens (primary N) is 1. The maximum atomic E-state index is 12.7. The van der Waals surface area contributed by atoms with Gasteiger partial charge >= 0.3 is 0 Å². The largest absolute Gasteiger partial charge is 0.356 e. The SMILES string of the molecule is C[C@@H](CN)CNC(=O)C(CCc1ccccc1)CCc1ccccc1. The second-order valence-electron chi connectivity index (χ2n) is 6.83. The number of hydrogen-bond acceptors (Lipinski definition) is 2. The van der Waals surface area contributed by atoms with Crippen molar-refractivity contribution in [3.8, 4) is 0 Å². The van der Waals surface area contributed by atoms with E-state index in [-0.39, 0.29) is 11.8 Å². The van der Waals surface area contributed by atoms with Crippen LogP contribution in [0.15, 0.2) is 60.7 Å². The van der Waals surface area contributed by atoms with Crippen LogP contribution in [0.1, 0.15) is 30.9 Å². The molecule has 3 N–H and O–H groups in total. The first-order valence-corrected chi connectivity index (χ1v) is 9.24. The second-order valence-corrected chi connectivity index (χ2v) is 6.83. The Morgan fingerprint density at radius 3 is 1.84 bits per heavy atom. The van der Waals surface area contributed by atoms with Crippen molar-refractivity contribution in [3.05, 3.63) is 71.8 Å². The van der Waals surface area contributed by atoms with Crippen LogP contribution in [0.4, 0.5) is 0 Å². The Hall–Kier alpha value is -2.13. The molecule has 3 heteroatoms. The molecule has 0 aliphatic rings. The zero-order chi connectivity index (χ0) is 17.9. The molecule has 0 saturated carbocycles. The van der Waals surface area contributed by atoms with Gasteiger partial charge in [-0.25, -0.2) is 0 Å². The number of rotatable bonds is 10. The van der Waals surface area contributed by atoms with E-state index >= 15 is 0 Å². The highest BCUT2D eigenvalue weighted by Gasteiger charge is 2.18. The minimum absolute atomic E-state index is 0.0328. The molecule has 0 heterocycles. The monoisotopic (exact) mass is 338 g/mol. The number of nitrogens with one attached hydrogen (secondary N) is 1. The molecule has 0 spiro atoms. The summed E-state index contributed by atoms with van der Waals surface area (Å²) in [5.74, 6) is 0.505. The first kappa shape index (κ1) is 19.2. The zero-order valence-corrected chi connectivity index (χ0v) is 15.2. The van der Waals surface area contributed by atoms with E-state index < -0.39 is 0 Å². The van der Waals surface area contributed by atoms with Crippen LogP contribution >= 0.6 is 0 Å². The van der Waals surface area contributed by atoms with Gasteiger partial charge in [-0.05, 0) is 49.3 Å². The Bertz CT molecular complexity index is 569. The quantitative estimate of drug-likeness (QED) is 0.696. The summed E-state index contributed by atoms with van der Waals surface area (Å²) in [6, 6.07) is 20.8. The van der Waals surface area contributed by atoms with Gasteiger partial charge in [-0.3, -0.25) is 4.79 Å². The van der Waals surface area contributed by atoms with Crippen molar-refractivity contribution in [1.82, 2.24) is 5.32 Å². The van der Waals surface area contributed by atoms with Crippen molar-refractivity contribution in [3.63, 3.8) is 0 Å². The Morgan fingerprint density at radius 2 is 1.40 bits per heavy atom. The lowest BCUT2D eigenvalue weighted by atomic mass is 9.92. The molecule has 0 aliphatic heterocycles. The summed E-state index contributed by atoms with van der Waals surface area (Å²) in [6.07, 6.45) is 3.61. The third-order valence-corrected chi connectivity index (χ3v) is 4.65. The van der Waals surface area contributed by atoms with Gasteiger partial charge in [0.15, 0.2) is 0 Å². The topological polar surface area (TPSA) is 55.1 Å². The number of aryl methyl sites for hydroxylation is 2. The molecule has 2 aromatic rings. The third kappa shape index (κ3) is 7.10. The van der Waals surface area contributed by atoms with E-state index in [0.717, 1.165) is 25.7 Å². The van der Waals surface area contributed by atoms with Gasteiger partial charge in [0.1, 0.15) is 0 Å². The number of amides is 1. The molecule has 0 saturated heterocycles. The van der Waals surface area contributed by atoms with Crippen LogP contribution in [0.5, 0.6) is 0 Å². The molecule has 0 radical (unpaired) electrons. The summed E-state index contributed by atoms with van der Waals surface area (Å²) in [5.41, 5.74) is 8.23. The van der Waals surface area contributed by atoms with Crippen LogP contribution in [0.2, 0.25) is 0 Å². The normalized spacial score (nSPS) is 12.1. The van der Waals surface area contributed by atoms with Gasteiger partial charge in [0.25, 0.3) is 0 Å². The summed E-state index contributed by atoms with van der Waals surface area (Å²) >= 11 is 0. The Balaban J connectivity index is 1.93. The van der Waals surface area contributed by atoms with Crippen LogP contribution in [0.25, 0.3) is 0 Å². The van der Waals surface area contributed by atoms with E-state index in [1.807, 2.05) is 12.1 Å². The van der Waals surface area contributed by atoms with E-state index in [4.69, 9.17) is 5.73 Å². The van der Waals surface area contributed by atoms with E-state index in [2.05, 4.69) is 60.8 Å². The summed E-state index contributed by atoms with van der Waals surface area (Å²) in [5, 5.41) is 3.09. The first-order valence-electron chi connectivity index (χ1n) is 9.24. The molecule has 3 nitrogen and oxygen atoms in total. The van der Waals surface area contributed by atoms with Gasteiger partial charge < -0.3 is 11.1 Å². The molecular formula is C22H30N2O. The van der Waals surface area contributed by atoms with Gasteiger partial charge in [0, 0.05) is 12.5 Å². The van der Waals surface area contributed by atoms with Crippen molar-refractivity contribution in [1.29, 1.82) is 0 Å². The number of hydrogen-bond donors (Lipinski definition) is 2. The van der Waals surface area contributed by atoms with Crippen molar-refractivity contribution in [2.24, 2.45) is 17.6 Å². The molecule has 0 bridgehead atoms. The molecule has 0 unspecified atom stereocenters. The fraction of sp³-hybridized carbons (Fsp3) is 0.409. The zero-order valence-electron chi connectivity index (χ0n) is 15.2. The predicted molar refractivity (Wildman–Crippen MR) is 104 cm³/mol. The highest BCUT2D eigenvalue weighted by molar-refractivity contribution is 5.78. The molecule has 25 heavy (non-hydrogen) atoms. The second kappa shape index (κ2) is 10.7. The van der Waals surface area contributed by atoms with Gasteiger partial charge in [0.2, 0.25) is 5.91 Å². The predicted octanol–water partition coefficient (Wildman–Crippen LogP) is 3.58. The van der Waals surface area contributed by atoms with E-state index in [9.17, 15) is 4.79 Å². The Labute approximate surface area is 151 Å². The summed E-state index contributed by atoms with van der Waals surface area (Å²) in [4.78, 5) is 12.7. The highest BCUT2D eigenvalue weighted by atomic mass is 16.1. The Morgan fingerprint density at radius 1 is 0.920 bits per heavy atom. The average molecular weight is 338 g/mol. The van der Waals surface area contributed by atoms with Gasteiger partial charge in [-0.1, -0.05) is 67.6 Å². The van der Waals surface area contributed by atoms with E-state index in [1.165, 1.54) is 11.1 Å². The van der Waals surface area contributed by atoms with Crippen molar-refractivity contribution >= 4 is 5.91 Å². The van der Waals surface area contributed by atoms with Gasteiger partial charge in [-0.2, -0.15) is 0 Å². The molecule has 134 valence electrons. The number of carbonyl (C=O) groups excluding carboxylic acids is 1. The molecule has 0 aliphatic carbocycles. The molecular weight excluding hydrogens is 308 g/mol. The van der Waals surface area contributed by atoms with Crippen LogP contribution in [-0.2, 0) is 17.6 Å². The summed E-state index contributed by atoms with van der Waals surface area (Å²) < 4.78 is 0. The fourth-order valence-corrected chi connectivity index (χ4v) is 2.88. The van der Waals surface area contributed by atoms with Crippen LogP contribution in [-0.4, -0.2) is 19.0 Å². The van der Waals surface area contributed by atoms with Crippen LogP contribution in [0, 0.1) is 11.8 Å².